The molecule has 2 aromatic rings. The van der Waals surface area contributed by atoms with Gasteiger partial charge >= 0.3 is 5.97 Å². The molecule has 1 aromatic heterocycles. The molecule has 6 heteroatoms. The Kier molecular flexibility index (Phi) is 2.32. The van der Waals surface area contributed by atoms with Crippen LogP contribution in [0.3, 0.4) is 0 Å². The van der Waals surface area contributed by atoms with Gasteiger partial charge in [-0.05, 0) is 12.1 Å². The Hall–Kier alpha value is -2.37. The molecule has 0 saturated carbocycles. The number of nitrogens with two attached hydrogens (primary N) is 1. The molecule has 82 valence electrons. The van der Waals surface area contributed by atoms with Crippen molar-refractivity contribution in [3.63, 3.8) is 0 Å². The smallest absolute Gasteiger partial charge is 0.374 e. The summed E-state index contributed by atoms with van der Waals surface area (Å²) in [5, 5.41) is 9.38. The highest BCUT2D eigenvalue weighted by atomic mass is 16.5. The third kappa shape index (κ3) is 1.50. The lowest BCUT2D eigenvalue weighted by Gasteiger charge is -2.06. The highest BCUT2D eigenvalue weighted by molar-refractivity contribution is 5.95. The van der Waals surface area contributed by atoms with Gasteiger partial charge in [0.1, 0.15) is 17.1 Å². The van der Waals surface area contributed by atoms with E-state index in [9.17, 15) is 4.79 Å². The van der Waals surface area contributed by atoms with Crippen LogP contribution in [0.4, 0.5) is 5.82 Å². The molecule has 16 heavy (non-hydrogen) atoms. The molecule has 0 unspecified atom stereocenters. The van der Waals surface area contributed by atoms with Crippen molar-refractivity contribution >= 4 is 22.7 Å². The van der Waals surface area contributed by atoms with Crippen LogP contribution in [0.2, 0.25) is 0 Å². The van der Waals surface area contributed by atoms with E-state index < -0.39 is 5.97 Å². The number of carboxylic acids is 1. The topological polar surface area (TPSA) is 98.3 Å². The van der Waals surface area contributed by atoms with E-state index in [0.29, 0.717) is 16.7 Å². The first kappa shape index (κ1) is 10.2. The summed E-state index contributed by atoms with van der Waals surface area (Å²) in [6.45, 7) is 0. The van der Waals surface area contributed by atoms with Crippen molar-refractivity contribution in [1.29, 1.82) is 0 Å². The molecule has 1 aromatic carbocycles. The maximum absolute atomic E-state index is 10.8. The molecule has 0 fully saturated rings. The van der Waals surface area contributed by atoms with E-state index in [-0.39, 0.29) is 11.6 Å². The van der Waals surface area contributed by atoms with Gasteiger partial charge in [0.15, 0.2) is 0 Å². The number of hydrogen-bond donors (Lipinski definition) is 2. The molecule has 0 aliphatic carbocycles. The zero-order chi connectivity index (χ0) is 11.7. The average Bonchev–Trinajstić information content (AvgIpc) is 2.28. The van der Waals surface area contributed by atoms with Gasteiger partial charge in [-0.2, -0.15) is 0 Å². The molecule has 3 N–H and O–H groups in total. The van der Waals surface area contributed by atoms with Crippen molar-refractivity contribution in [2.24, 2.45) is 0 Å². The van der Waals surface area contributed by atoms with Crippen molar-refractivity contribution in [1.82, 2.24) is 9.97 Å². The van der Waals surface area contributed by atoms with Gasteiger partial charge in [0.25, 0.3) is 0 Å². The van der Waals surface area contributed by atoms with Crippen LogP contribution >= 0.6 is 0 Å². The molecule has 1 heterocycles. The Morgan fingerprint density at radius 2 is 2.19 bits per heavy atom. The number of methoxy groups -OCH3 is 1. The molecule has 6 nitrogen and oxygen atoms in total. The fourth-order valence-corrected chi connectivity index (χ4v) is 1.41. The van der Waals surface area contributed by atoms with E-state index in [4.69, 9.17) is 15.6 Å². The summed E-state index contributed by atoms with van der Waals surface area (Å²) in [5.41, 5.74) is 6.05. The molecule has 0 amide bonds. The third-order valence-corrected chi connectivity index (χ3v) is 2.13. The van der Waals surface area contributed by atoms with Crippen molar-refractivity contribution < 1.29 is 14.6 Å². The maximum atomic E-state index is 10.8. The van der Waals surface area contributed by atoms with Crippen molar-refractivity contribution in [2.45, 2.75) is 0 Å². The van der Waals surface area contributed by atoms with Gasteiger partial charge in [-0.25, -0.2) is 14.8 Å². The largest absolute Gasteiger partial charge is 0.494 e. The SMILES string of the molecule is COc1cccc2c(N)nc(C(=O)O)nc12. The van der Waals surface area contributed by atoms with Crippen LogP contribution in [-0.2, 0) is 0 Å². The van der Waals surface area contributed by atoms with E-state index in [1.807, 2.05) is 0 Å². The Balaban J connectivity index is 2.82. The Labute approximate surface area is 90.7 Å². The average molecular weight is 219 g/mol. The lowest BCUT2D eigenvalue weighted by Crippen LogP contribution is -2.07. The van der Waals surface area contributed by atoms with Crippen LogP contribution < -0.4 is 10.5 Å². The van der Waals surface area contributed by atoms with Gasteiger partial charge in [0, 0.05) is 5.39 Å². The molecule has 2 rings (SSSR count). The number of ether oxygens (including phenoxy) is 1. The molecule has 0 aliphatic heterocycles. The van der Waals surface area contributed by atoms with Crippen LogP contribution in [0.1, 0.15) is 10.6 Å². The van der Waals surface area contributed by atoms with Gasteiger partial charge in [-0.1, -0.05) is 6.07 Å². The van der Waals surface area contributed by atoms with Gasteiger partial charge in [-0.3, -0.25) is 0 Å². The zero-order valence-corrected chi connectivity index (χ0v) is 8.47. The summed E-state index contributed by atoms with van der Waals surface area (Å²) >= 11 is 0. The van der Waals surface area contributed by atoms with Gasteiger partial charge in [-0.15, -0.1) is 0 Å². The Bertz CT molecular complexity index is 568. The van der Waals surface area contributed by atoms with Crippen LogP contribution in [0.5, 0.6) is 5.75 Å². The fraction of sp³-hybridized carbons (Fsp3) is 0.100. The second kappa shape index (κ2) is 3.65. The lowest BCUT2D eigenvalue weighted by molar-refractivity contribution is 0.0684. The van der Waals surface area contributed by atoms with Crippen molar-refractivity contribution in [3.8, 4) is 5.75 Å². The number of rotatable bonds is 2. The monoisotopic (exact) mass is 219 g/mol. The molecule has 0 atom stereocenters. The first-order chi connectivity index (χ1) is 7.63. The number of hydrogen-bond acceptors (Lipinski definition) is 5. The predicted molar refractivity (Wildman–Crippen MR) is 57.5 cm³/mol. The minimum Gasteiger partial charge on any atom is -0.494 e. The van der Waals surface area contributed by atoms with Gasteiger partial charge < -0.3 is 15.6 Å². The van der Waals surface area contributed by atoms with Crippen LogP contribution in [0.15, 0.2) is 18.2 Å². The quantitative estimate of drug-likeness (QED) is 0.779. The maximum Gasteiger partial charge on any atom is 0.374 e. The highest BCUT2D eigenvalue weighted by Crippen LogP contribution is 2.26. The van der Waals surface area contributed by atoms with Crippen molar-refractivity contribution in [2.75, 3.05) is 12.8 Å². The number of nitrogens with zero attached hydrogens (tertiary/aromatic N) is 2. The van der Waals surface area contributed by atoms with Crippen LogP contribution in [-0.4, -0.2) is 28.2 Å². The molecular weight excluding hydrogens is 210 g/mol. The minimum absolute atomic E-state index is 0.126. The van der Waals surface area contributed by atoms with E-state index in [1.165, 1.54) is 7.11 Å². The number of para-hydroxylation sites is 1. The Morgan fingerprint density at radius 1 is 1.44 bits per heavy atom. The predicted octanol–water partition coefficient (Wildman–Crippen LogP) is 0.919. The molecular formula is C10H9N3O3. The second-order valence-corrected chi connectivity index (χ2v) is 3.09. The summed E-state index contributed by atoms with van der Waals surface area (Å²) in [6, 6.07) is 5.13. The van der Waals surface area contributed by atoms with Gasteiger partial charge in [0.05, 0.1) is 7.11 Å². The second-order valence-electron chi connectivity index (χ2n) is 3.09. The normalized spacial score (nSPS) is 10.3. The summed E-state index contributed by atoms with van der Waals surface area (Å²) in [5.74, 6) is -0.968. The first-order valence-corrected chi connectivity index (χ1v) is 4.47. The zero-order valence-electron chi connectivity index (χ0n) is 8.47. The van der Waals surface area contributed by atoms with E-state index in [0.717, 1.165) is 0 Å². The molecule has 0 saturated heterocycles. The van der Waals surface area contributed by atoms with E-state index in [2.05, 4.69) is 9.97 Å². The molecule has 0 spiro atoms. The molecule has 0 aliphatic rings. The van der Waals surface area contributed by atoms with E-state index >= 15 is 0 Å². The van der Waals surface area contributed by atoms with Crippen LogP contribution in [0.25, 0.3) is 10.9 Å². The first-order valence-electron chi connectivity index (χ1n) is 4.47. The lowest BCUT2D eigenvalue weighted by atomic mass is 10.2. The van der Waals surface area contributed by atoms with Crippen LogP contribution in [0, 0.1) is 0 Å². The standard InChI is InChI=1S/C10H9N3O3/c1-16-6-4-2-3-5-7(6)12-9(10(14)15)13-8(5)11/h2-4H,1H3,(H,14,15)(H2,11,12,13). The summed E-state index contributed by atoms with van der Waals surface area (Å²) < 4.78 is 5.08. The number of anilines is 1. The molecule has 0 radical (unpaired) electrons. The summed E-state index contributed by atoms with van der Waals surface area (Å²) in [6.07, 6.45) is 0. The number of benzene rings is 1. The number of carbonyl (C=O) groups is 1. The number of fused-ring (bicyclic) bond motifs is 1. The summed E-state index contributed by atoms with van der Waals surface area (Å²) in [4.78, 5) is 18.4. The summed E-state index contributed by atoms with van der Waals surface area (Å²) in [7, 11) is 1.48. The highest BCUT2D eigenvalue weighted by Gasteiger charge is 2.13. The minimum atomic E-state index is -1.22. The van der Waals surface area contributed by atoms with Crippen molar-refractivity contribution in [3.05, 3.63) is 24.0 Å². The fourth-order valence-electron chi connectivity index (χ4n) is 1.41. The third-order valence-electron chi connectivity index (χ3n) is 2.13. The number of aromatic carboxylic acids is 1. The molecule has 0 bridgehead atoms. The number of nitrogen functional groups attached to an aromatic ring is 1. The van der Waals surface area contributed by atoms with Gasteiger partial charge in [0.2, 0.25) is 5.82 Å². The van der Waals surface area contributed by atoms with E-state index in [1.54, 1.807) is 18.2 Å². The number of aromatic nitrogens is 2. The number of carboxylic acid groups (broad SMARTS) is 1. The Morgan fingerprint density at radius 3 is 2.81 bits per heavy atom.